The number of benzene rings is 1. The van der Waals surface area contributed by atoms with Gasteiger partial charge in [0, 0.05) is 0 Å². The van der Waals surface area contributed by atoms with Gasteiger partial charge in [-0.2, -0.15) is 0 Å². The summed E-state index contributed by atoms with van der Waals surface area (Å²) in [6.07, 6.45) is 11.6. The Kier molecular flexibility index (Phi) is 6.66. The maximum Gasteiger partial charge on any atom is 0.344 e. The highest BCUT2D eigenvalue weighted by molar-refractivity contribution is 5.90. The molecule has 0 N–H and O–H groups in total. The van der Waals surface area contributed by atoms with Gasteiger partial charge in [0.15, 0.2) is 0 Å². The van der Waals surface area contributed by atoms with Crippen LogP contribution in [0.1, 0.15) is 81.5 Å². The van der Waals surface area contributed by atoms with Crippen molar-refractivity contribution < 1.29 is 18.3 Å². The average Bonchev–Trinajstić information content (AvgIpc) is 2.63. The van der Waals surface area contributed by atoms with Crippen molar-refractivity contribution in [3.05, 3.63) is 35.4 Å². The molecule has 0 spiro atoms. The fourth-order valence-electron chi connectivity index (χ4n) is 4.94. The summed E-state index contributed by atoms with van der Waals surface area (Å²) in [6, 6.07) is 3.43. The van der Waals surface area contributed by atoms with Gasteiger partial charge in [0.2, 0.25) is 0 Å². The zero-order valence-electron chi connectivity index (χ0n) is 15.7. The van der Waals surface area contributed by atoms with Crippen LogP contribution in [0.2, 0.25) is 0 Å². The van der Waals surface area contributed by atoms with Crippen LogP contribution in [0.15, 0.2) is 18.2 Å². The minimum atomic E-state index is -0.871. The molecule has 144 valence electrons. The molecule has 0 unspecified atom stereocenters. The molecule has 1 aromatic carbocycles. The van der Waals surface area contributed by atoms with E-state index in [1.807, 2.05) is 0 Å². The summed E-state index contributed by atoms with van der Waals surface area (Å²) in [5.41, 5.74) is -0.566. The van der Waals surface area contributed by atoms with E-state index in [0.29, 0.717) is 0 Å². The molecule has 2 saturated carbocycles. The van der Waals surface area contributed by atoms with Gasteiger partial charge in [0.25, 0.3) is 0 Å². The zero-order valence-corrected chi connectivity index (χ0v) is 15.7. The van der Waals surface area contributed by atoms with E-state index >= 15 is 0 Å². The highest BCUT2D eigenvalue weighted by atomic mass is 19.1. The third kappa shape index (κ3) is 4.63. The first kappa shape index (κ1) is 19.3. The van der Waals surface area contributed by atoms with Gasteiger partial charge < -0.3 is 4.74 Å². The lowest BCUT2D eigenvalue weighted by Crippen LogP contribution is -2.30. The van der Waals surface area contributed by atoms with E-state index in [9.17, 15) is 13.6 Å². The van der Waals surface area contributed by atoms with Crippen LogP contribution in [0.4, 0.5) is 8.78 Å². The molecule has 26 heavy (non-hydrogen) atoms. The number of rotatable bonds is 5. The topological polar surface area (TPSA) is 26.3 Å². The van der Waals surface area contributed by atoms with E-state index in [4.69, 9.17) is 4.74 Å². The molecule has 2 nitrogen and oxygen atoms in total. The fourth-order valence-corrected chi connectivity index (χ4v) is 4.94. The smallest absolute Gasteiger partial charge is 0.344 e. The van der Waals surface area contributed by atoms with Crippen LogP contribution in [-0.2, 0) is 4.74 Å². The van der Waals surface area contributed by atoms with Crippen molar-refractivity contribution in [1.29, 1.82) is 0 Å². The minimum Gasteiger partial charge on any atom is -0.459 e. The van der Waals surface area contributed by atoms with Crippen molar-refractivity contribution >= 4 is 5.97 Å². The lowest BCUT2D eigenvalue weighted by Gasteiger charge is -2.37. The molecule has 0 radical (unpaired) electrons. The number of hydrogen-bond acceptors (Lipinski definition) is 2. The first-order chi connectivity index (χ1) is 12.6. The molecule has 0 heterocycles. The summed E-state index contributed by atoms with van der Waals surface area (Å²) in [5.74, 6) is -0.130. The second-order valence-corrected chi connectivity index (χ2v) is 8.11. The molecule has 4 heteroatoms. The van der Waals surface area contributed by atoms with E-state index in [1.165, 1.54) is 44.6 Å². The average molecular weight is 364 g/mol. The molecule has 1 aromatic rings. The fraction of sp³-hybridized carbons (Fsp3) is 0.682. The third-order valence-electron chi connectivity index (χ3n) is 6.41. The van der Waals surface area contributed by atoms with Crippen LogP contribution in [0.5, 0.6) is 0 Å². The van der Waals surface area contributed by atoms with Crippen molar-refractivity contribution in [1.82, 2.24) is 0 Å². The molecular weight excluding hydrogens is 334 g/mol. The molecule has 2 aliphatic carbocycles. The highest BCUT2D eigenvalue weighted by Gasteiger charge is 2.32. The summed E-state index contributed by atoms with van der Waals surface area (Å²) < 4.78 is 32.8. The standard InChI is InChI=1S/C22H30F2O2/c1-2-4-15-7-9-16(10-8-15)17-11-13-18(14-12-17)26-22(25)21-19(23)5-3-6-20(21)24/h3,5-6,15-18H,2,4,7-14H2,1H3/t15-,16-,17?,18?. The van der Waals surface area contributed by atoms with Gasteiger partial charge in [-0.1, -0.05) is 38.7 Å². The predicted octanol–water partition coefficient (Wildman–Crippen LogP) is 6.29. The van der Waals surface area contributed by atoms with E-state index in [1.54, 1.807) is 0 Å². The Morgan fingerprint density at radius 1 is 0.962 bits per heavy atom. The van der Waals surface area contributed by atoms with E-state index < -0.39 is 23.2 Å². The Morgan fingerprint density at radius 3 is 2.04 bits per heavy atom. The summed E-state index contributed by atoms with van der Waals surface area (Å²) in [4.78, 5) is 12.1. The number of esters is 1. The Bertz CT molecular complexity index is 580. The van der Waals surface area contributed by atoms with Gasteiger partial charge in [-0.05, 0) is 68.4 Å². The van der Waals surface area contributed by atoms with Crippen LogP contribution in [0.3, 0.4) is 0 Å². The largest absolute Gasteiger partial charge is 0.459 e. The zero-order chi connectivity index (χ0) is 18.5. The van der Waals surface area contributed by atoms with E-state index in [0.717, 1.165) is 55.6 Å². The van der Waals surface area contributed by atoms with Crippen LogP contribution in [0.25, 0.3) is 0 Å². The number of ether oxygens (including phenoxy) is 1. The first-order valence-corrected chi connectivity index (χ1v) is 10.2. The molecule has 0 aromatic heterocycles. The van der Waals surface area contributed by atoms with Crippen LogP contribution in [-0.4, -0.2) is 12.1 Å². The SMILES string of the molecule is CCC[C@H]1CC[C@H](C2CCC(OC(=O)c3c(F)cccc3F)CC2)CC1. The molecule has 0 saturated heterocycles. The highest BCUT2D eigenvalue weighted by Crippen LogP contribution is 2.41. The molecule has 2 fully saturated rings. The molecule has 0 aliphatic heterocycles. The van der Waals surface area contributed by atoms with Gasteiger partial charge in [0.05, 0.1) is 0 Å². The molecule has 2 aliphatic rings. The first-order valence-electron chi connectivity index (χ1n) is 10.2. The van der Waals surface area contributed by atoms with Crippen LogP contribution in [0, 0.1) is 29.4 Å². The molecule has 0 amide bonds. The summed E-state index contributed by atoms with van der Waals surface area (Å²) in [5, 5.41) is 0. The van der Waals surface area contributed by atoms with Gasteiger partial charge in [-0.25, -0.2) is 13.6 Å². The lowest BCUT2D eigenvalue weighted by molar-refractivity contribution is 0.0100. The molecule has 3 rings (SSSR count). The summed E-state index contributed by atoms with van der Waals surface area (Å²) in [7, 11) is 0. The van der Waals surface area contributed by atoms with Crippen molar-refractivity contribution in [2.75, 3.05) is 0 Å². The van der Waals surface area contributed by atoms with Crippen LogP contribution < -0.4 is 0 Å². The van der Waals surface area contributed by atoms with Gasteiger partial charge in [-0.15, -0.1) is 0 Å². The Balaban J connectivity index is 1.46. The van der Waals surface area contributed by atoms with Crippen molar-refractivity contribution in [3.63, 3.8) is 0 Å². The van der Waals surface area contributed by atoms with Gasteiger partial charge in [-0.3, -0.25) is 0 Å². The Labute approximate surface area is 155 Å². The second kappa shape index (κ2) is 8.96. The number of hydrogen-bond donors (Lipinski definition) is 0. The van der Waals surface area contributed by atoms with Gasteiger partial charge in [0.1, 0.15) is 23.3 Å². The van der Waals surface area contributed by atoms with Gasteiger partial charge >= 0.3 is 5.97 Å². The summed E-state index contributed by atoms with van der Waals surface area (Å²) >= 11 is 0. The number of carbonyl (C=O) groups is 1. The Hall–Kier alpha value is -1.45. The second-order valence-electron chi connectivity index (χ2n) is 8.11. The third-order valence-corrected chi connectivity index (χ3v) is 6.41. The quantitative estimate of drug-likeness (QED) is 0.574. The van der Waals surface area contributed by atoms with Crippen molar-refractivity contribution in [2.24, 2.45) is 17.8 Å². The molecular formula is C22H30F2O2. The lowest BCUT2D eigenvalue weighted by atomic mass is 9.70. The van der Waals surface area contributed by atoms with Crippen molar-refractivity contribution in [2.45, 2.75) is 77.2 Å². The number of halogens is 2. The maximum absolute atomic E-state index is 13.7. The predicted molar refractivity (Wildman–Crippen MR) is 97.9 cm³/mol. The summed E-state index contributed by atoms with van der Waals surface area (Å²) in [6.45, 7) is 2.27. The minimum absolute atomic E-state index is 0.214. The van der Waals surface area contributed by atoms with E-state index in [2.05, 4.69) is 6.92 Å². The van der Waals surface area contributed by atoms with Crippen molar-refractivity contribution in [3.8, 4) is 0 Å². The maximum atomic E-state index is 13.7. The van der Waals surface area contributed by atoms with E-state index in [-0.39, 0.29) is 6.10 Å². The Morgan fingerprint density at radius 2 is 1.50 bits per heavy atom. The molecule has 0 bridgehead atoms. The number of carbonyl (C=O) groups excluding carboxylic acids is 1. The normalized spacial score (nSPS) is 29.3. The van der Waals surface area contributed by atoms with Crippen LogP contribution >= 0.6 is 0 Å². The monoisotopic (exact) mass is 364 g/mol. The molecule has 0 atom stereocenters.